The van der Waals surface area contributed by atoms with Gasteiger partial charge in [0, 0.05) is 13.5 Å². The summed E-state index contributed by atoms with van der Waals surface area (Å²) in [5.74, 6) is -1.95. The second kappa shape index (κ2) is 6.05. The number of benzene rings is 1. The first-order chi connectivity index (χ1) is 8.49. The first-order valence-electron chi connectivity index (χ1n) is 6.01. The summed E-state index contributed by atoms with van der Waals surface area (Å²) < 4.78 is 31.1. The van der Waals surface area contributed by atoms with Crippen molar-refractivity contribution in [3.05, 3.63) is 35.4 Å². The van der Waals surface area contributed by atoms with E-state index in [1.54, 1.807) is 0 Å². The summed E-state index contributed by atoms with van der Waals surface area (Å²) in [7, 11) is 1.50. The molecule has 1 aromatic carbocycles. The van der Waals surface area contributed by atoms with Crippen molar-refractivity contribution in [1.29, 1.82) is 0 Å². The van der Waals surface area contributed by atoms with Crippen LogP contribution in [0.25, 0.3) is 0 Å². The van der Waals surface area contributed by atoms with Gasteiger partial charge in [-0.05, 0) is 30.5 Å². The van der Waals surface area contributed by atoms with Gasteiger partial charge in [-0.1, -0.05) is 19.9 Å². The fraction of sp³-hybridized carbons (Fsp3) is 0.500. The van der Waals surface area contributed by atoms with Crippen LogP contribution in [0.4, 0.5) is 8.78 Å². The molecule has 0 spiro atoms. The van der Waals surface area contributed by atoms with Gasteiger partial charge < -0.3 is 4.74 Å². The molecule has 2 nitrogen and oxygen atoms in total. The topological polar surface area (TPSA) is 26.3 Å². The molecule has 0 atom stereocenters. The summed E-state index contributed by atoms with van der Waals surface area (Å²) in [4.78, 5) is 12.2. The molecule has 0 unspecified atom stereocenters. The number of hydrogen-bond acceptors (Lipinski definition) is 2. The molecule has 1 rings (SSSR count). The largest absolute Gasteiger partial charge is 0.370 e. The highest BCUT2D eigenvalue weighted by atomic mass is 19.2. The maximum Gasteiger partial charge on any atom is 0.168 e. The number of hydrogen-bond donors (Lipinski definition) is 0. The molecular weight excluding hydrogens is 238 g/mol. The predicted molar refractivity (Wildman–Crippen MR) is 65.4 cm³/mol. The van der Waals surface area contributed by atoms with Crippen molar-refractivity contribution in [2.45, 2.75) is 38.7 Å². The molecule has 100 valence electrons. The molecule has 0 aromatic heterocycles. The number of ketones is 1. The van der Waals surface area contributed by atoms with Gasteiger partial charge in [0.25, 0.3) is 0 Å². The lowest BCUT2D eigenvalue weighted by Gasteiger charge is -2.28. The van der Waals surface area contributed by atoms with Gasteiger partial charge in [-0.2, -0.15) is 0 Å². The average molecular weight is 256 g/mol. The Labute approximate surface area is 106 Å². The molecular formula is C14H18F2O2. The minimum atomic E-state index is -0.934. The van der Waals surface area contributed by atoms with Crippen molar-refractivity contribution in [1.82, 2.24) is 0 Å². The van der Waals surface area contributed by atoms with Crippen molar-refractivity contribution in [3.8, 4) is 0 Å². The van der Waals surface area contributed by atoms with E-state index in [0.717, 1.165) is 12.1 Å². The third-order valence-corrected chi connectivity index (χ3v) is 3.39. The molecule has 0 aliphatic carbocycles. The van der Waals surface area contributed by atoms with E-state index < -0.39 is 17.2 Å². The number of methoxy groups -OCH3 is 1. The summed E-state index contributed by atoms with van der Waals surface area (Å²) in [5.41, 5.74) is -0.368. The summed E-state index contributed by atoms with van der Waals surface area (Å²) >= 11 is 0. The second-order valence-corrected chi connectivity index (χ2v) is 4.25. The Morgan fingerprint density at radius 3 is 2.28 bits per heavy atom. The Morgan fingerprint density at radius 1 is 1.22 bits per heavy atom. The first kappa shape index (κ1) is 14.8. The van der Waals surface area contributed by atoms with E-state index >= 15 is 0 Å². The van der Waals surface area contributed by atoms with Crippen molar-refractivity contribution in [2.24, 2.45) is 0 Å². The second-order valence-electron chi connectivity index (χ2n) is 4.25. The van der Waals surface area contributed by atoms with E-state index in [0.29, 0.717) is 18.4 Å². The van der Waals surface area contributed by atoms with Crippen LogP contribution in [0, 0.1) is 11.6 Å². The minimum absolute atomic E-state index is 0.0483. The molecule has 18 heavy (non-hydrogen) atoms. The third-order valence-electron chi connectivity index (χ3n) is 3.39. The van der Waals surface area contributed by atoms with Gasteiger partial charge in [0.05, 0.1) is 0 Å². The number of rotatable bonds is 6. The zero-order valence-corrected chi connectivity index (χ0v) is 10.9. The van der Waals surface area contributed by atoms with Crippen molar-refractivity contribution in [2.75, 3.05) is 7.11 Å². The zero-order valence-electron chi connectivity index (χ0n) is 10.9. The lowest BCUT2D eigenvalue weighted by molar-refractivity contribution is -0.141. The lowest BCUT2D eigenvalue weighted by atomic mass is 9.88. The van der Waals surface area contributed by atoms with Crippen LogP contribution in [0.3, 0.4) is 0 Å². The van der Waals surface area contributed by atoms with Gasteiger partial charge in [-0.3, -0.25) is 4.79 Å². The standard InChI is InChI=1S/C14H18F2O2/c1-4-14(5-2,18-3)13(17)9-10-6-7-11(15)12(16)8-10/h6-8H,4-5,9H2,1-3H3. The van der Waals surface area contributed by atoms with Gasteiger partial charge in [-0.15, -0.1) is 0 Å². The Hall–Kier alpha value is -1.29. The molecule has 0 amide bonds. The molecule has 0 aliphatic rings. The highest BCUT2D eigenvalue weighted by Crippen LogP contribution is 2.23. The fourth-order valence-electron chi connectivity index (χ4n) is 2.04. The van der Waals surface area contributed by atoms with Crippen molar-refractivity contribution < 1.29 is 18.3 Å². The van der Waals surface area contributed by atoms with Crippen LogP contribution in [-0.4, -0.2) is 18.5 Å². The third kappa shape index (κ3) is 2.93. The van der Waals surface area contributed by atoms with Gasteiger partial charge in [0.2, 0.25) is 0 Å². The van der Waals surface area contributed by atoms with E-state index in [1.807, 2.05) is 13.8 Å². The van der Waals surface area contributed by atoms with Crippen molar-refractivity contribution >= 4 is 5.78 Å². The van der Waals surface area contributed by atoms with Crippen LogP contribution < -0.4 is 0 Å². The van der Waals surface area contributed by atoms with Crippen LogP contribution >= 0.6 is 0 Å². The summed E-state index contributed by atoms with van der Waals surface area (Å²) in [5, 5.41) is 0. The summed E-state index contributed by atoms with van der Waals surface area (Å²) in [6.45, 7) is 3.74. The Balaban J connectivity index is 2.89. The first-order valence-corrected chi connectivity index (χ1v) is 6.01. The highest BCUT2D eigenvalue weighted by Gasteiger charge is 2.34. The molecule has 1 aromatic rings. The predicted octanol–water partition coefficient (Wildman–Crippen LogP) is 3.28. The Bertz CT molecular complexity index is 418. The summed E-state index contributed by atoms with van der Waals surface area (Å²) in [6, 6.07) is 3.51. The molecule has 4 heteroatoms. The molecule has 0 aliphatic heterocycles. The van der Waals surface area contributed by atoms with Gasteiger partial charge >= 0.3 is 0 Å². The number of ether oxygens (including phenoxy) is 1. The number of halogens is 2. The maximum atomic E-state index is 13.1. The molecule has 0 saturated heterocycles. The maximum absolute atomic E-state index is 13.1. The van der Waals surface area contributed by atoms with E-state index in [4.69, 9.17) is 4.74 Å². The molecule has 0 saturated carbocycles. The Kier molecular flexibility index (Phi) is 4.96. The number of carbonyl (C=O) groups is 1. The van der Waals surface area contributed by atoms with E-state index in [9.17, 15) is 13.6 Å². The van der Waals surface area contributed by atoms with Crippen LogP contribution in [0.5, 0.6) is 0 Å². The van der Waals surface area contributed by atoms with E-state index in [2.05, 4.69) is 0 Å². The quantitative estimate of drug-likeness (QED) is 0.780. The average Bonchev–Trinajstić information content (AvgIpc) is 2.37. The van der Waals surface area contributed by atoms with Crippen LogP contribution in [0.15, 0.2) is 18.2 Å². The SMILES string of the molecule is CCC(CC)(OC)C(=O)Cc1ccc(F)c(F)c1. The van der Waals surface area contributed by atoms with Crippen LogP contribution in [0.2, 0.25) is 0 Å². The van der Waals surface area contributed by atoms with Crippen LogP contribution in [0.1, 0.15) is 32.3 Å². The highest BCUT2D eigenvalue weighted by molar-refractivity contribution is 5.89. The molecule has 0 radical (unpaired) electrons. The van der Waals surface area contributed by atoms with Gasteiger partial charge in [-0.25, -0.2) is 8.78 Å². The molecule has 0 bridgehead atoms. The Morgan fingerprint density at radius 2 is 1.83 bits per heavy atom. The van der Waals surface area contributed by atoms with E-state index in [-0.39, 0.29) is 12.2 Å². The van der Waals surface area contributed by atoms with E-state index in [1.165, 1.54) is 13.2 Å². The van der Waals surface area contributed by atoms with Crippen molar-refractivity contribution in [3.63, 3.8) is 0 Å². The van der Waals surface area contributed by atoms with Gasteiger partial charge in [0.15, 0.2) is 17.4 Å². The summed E-state index contributed by atoms with van der Waals surface area (Å²) in [6.07, 6.45) is 1.16. The zero-order chi connectivity index (χ0) is 13.8. The smallest absolute Gasteiger partial charge is 0.168 e. The molecule has 0 heterocycles. The fourth-order valence-corrected chi connectivity index (χ4v) is 2.04. The molecule has 0 N–H and O–H groups in total. The monoisotopic (exact) mass is 256 g/mol. The molecule has 0 fully saturated rings. The number of Topliss-reactive ketones (excluding diaryl/α,β-unsaturated/α-hetero) is 1. The normalized spacial score (nSPS) is 11.6. The number of carbonyl (C=O) groups excluding carboxylic acids is 1. The van der Waals surface area contributed by atoms with Crippen LogP contribution in [-0.2, 0) is 16.0 Å². The minimum Gasteiger partial charge on any atom is -0.370 e. The van der Waals surface area contributed by atoms with Gasteiger partial charge in [0.1, 0.15) is 5.60 Å². The lowest BCUT2D eigenvalue weighted by Crippen LogP contribution is -2.40.